The van der Waals surface area contributed by atoms with Crippen molar-refractivity contribution >= 4 is 11.9 Å². The molecule has 2 aromatic rings. The van der Waals surface area contributed by atoms with Gasteiger partial charge in [-0.25, -0.2) is 9.97 Å². The molecule has 5 nitrogen and oxygen atoms in total. The van der Waals surface area contributed by atoms with Crippen LogP contribution in [0.3, 0.4) is 0 Å². The van der Waals surface area contributed by atoms with E-state index in [9.17, 15) is 4.79 Å². The zero-order chi connectivity index (χ0) is 15.8. The Hall–Kier alpha value is -2.43. The molecule has 0 spiro atoms. The number of rotatable bonds is 7. The van der Waals surface area contributed by atoms with Crippen LogP contribution in [0.25, 0.3) is 0 Å². The third kappa shape index (κ3) is 4.84. The lowest BCUT2D eigenvalue weighted by Gasteiger charge is -2.07. The molecule has 0 bridgehead atoms. The van der Waals surface area contributed by atoms with Gasteiger partial charge in [0.1, 0.15) is 5.69 Å². The quantitative estimate of drug-likeness (QED) is 0.771. The van der Waals surface area contributed by atoms with Crippen molar-refractivity contribution in [1.82, 2.24) is 15.3 Å². The maximum absolute atomic E-state index is 12.0. The molecule has 5 heteroatoms. The van der Waals surface area contributed by atoms with Gasteiger partial charge in [-0.3, -0.25) is 4.79 Å². The van der Waals surface area contributed by atoms with Gasteiger partial charge in [0.25, 0.3) is 5.91 Å². The van der Waals surface area contributed by atoms with E-state index >= 15 is 0 Å². The molecule has 2 rings (SSSR count). The summed E-state index contributed by atoms with van der Waals surface area (Å²) in [5.74, 6) is 0.305. The van der Waals surface area contributed by atoms with Crippen molar-refractivity contribution in [3.05, 3.63) is 53.3 Å². The molecule has 1 aromatic heterocycles. The maximum Gasteiger partial charge on any atom is 0.270 e. The Bertz CT molecular complexity index is 628. The molecule has 2 N–H and O–H groups in total. The van der Waals surface area contributed by atoms with Crippen molar-refractivity contribution in [2.24, 2.45) is 0 Å². The fourth-order valence-electron chi connectivity index (χ4n) is 2.04. The molecule has 0 atom stereocenters. The lowest BCUT2D eigenvalue weighted by atomic mass is 10.1. The standard InChI is InChI=1S/C17H22N4O/c1-3-4-9-18-16(22)15-8-10-19-17(21-15)20-12-14-7-5-6-13(2)11-14/h5-8,10-11H,3-4,9,12H2,1-2H3,(H,18,22)(H,19,20,21). The molecule has 0 saturated heterocycles. The SMILES string of the molecule is CCCCNC(=O)c1ccnc(NCc2cccc(C)c2)n1. The Morgan fingerprint density at radius 2 is 2.14 bits per heavy atom. The third-order valence-electron chi connectivity index (χ3n) is 3.24. The first kappa shape index (κ1) is 15.9. The van der Waals surface area contributed by atoms with Crippen LogP contribution in [-0.4, -0.2) is 22.4 Å². The lowest BCUT2D eigenvalue weighted by molar-refractivity contribution is 0.0948. The molecular weight excluding hydrogens is 276 g/mol. The van der Waals surface area contributed by atoms with Crippen molar-refractivity contribution in [1.29, 1.82) is 0 Å². The minimum Gasteiger partial charge on any atom is -0.351 e. The highest BCUT2D eigenvalue weighted by molar-refractivity contribution is 5.92. The topological polar surface area (TPSA) is 66.9 Å². The first-order chi connectivity index (χ1) is 10.7. The Morgan fingerprint density at radius 1 is 1.27 bits per heavy atom. The van der Waals surface area contributed by atoms with Crippen molar-refractivity contribution in [3.63, 3.8) is 0 Å². The van der Waals surface area contributed by atoms with Gasteiger partial charge in [0.15, 0.2) is 0 Å². The second-order valence-electron chi connectivity index (χ2n) is 5.22. The minimum absolute atomic E-state index is 0.158. The van der Waals surface area contributed by atoms with Crippen LogP contribution in [0, 0.1) is 6.92 Å². The van der Waals surface area contributed by atoms with Gasteiger partial charge < -0.3 is 10.6 Å². The van der Waals surface area contributed by atoms with Crippen LogP contribution in [0.2, 0.25) is 0 Å². The Kier molecular flexibility index (Phi) is 5.89. The molecule has 1 aromatic carbocycles. The summed E-state index contributed by atoms with van der Waals surface area (Å²) in [6, 6.07) is 9.85. The molecule has 1 amide bonds. The van der Waals surface area contributed by atoms with E-state index < -0.39 is 0 Å². The molecule has 116 valence electrons. The lowest BCUT2D eigenvalue weighted by Crippen LogP contribution is -2.25. The number of hydrogen-bond donors (Lipinski definition) is 2. The number of unbranched alkanes of at least 4 members (excludes halogenated alkanes) is 1. The highest BCUT2D eigenvalue weighted by Gasteiger charge is 2.07. The van der Waals surface area contributed by atoms with Crippen molar-refractivity contribution in [2.75, 3.05) is 11.9 Å². The summed E-state index contributed by atoms with van der Waals surface area (Å²) < 4.78 is 0. The summed E-state index contributed by atoms with van der Waals surface area (Å²) >= 11 is 0. The fraction of sp³-hybridized carbons (Fsp3) is 0.353. The van der Waals surface area contributed by atoms with Crippen molar-refractivity contribution in [3.8, 4) is 0 Å². The van der Waals surface area contributed by atoms with Gasteiger partial charge in [-0.2, -0.15) is 0 Å². The van der Waals surface area contributed by atoms with Gasteiger partial charge in [0.05, 0.1) is 0 Å². The smallest absolute Gasteiger partial charge is 0.270 e. The van der Waals surface area contributed by atoms with E-state index in [4.69, 9.17) is 0 Å². The van der Waals surface area contributed by atoms with E-state index in [1.807, 2.05) is 12.1 Å². The second kappa shape index (κ2) is 8.12. The number of anilines is 1. The Morgan fingerprint density at radius 3 is 2.91 bits per heavy atom. The van der Waals surface area contributed by atoms with Crippen molar-refractivity contribution in [2.45, 2.75) is 33.2 Å². The highest BCUT2D eigenvalue weighted by Crippen LogP contribution is 2.07. The number of carbonyl (C=O) groups is 1. The summed E-state index contributed by atoms with van der Waals surface area (Å²) in [6.45, 7) is 5.44. The number of amides is 1. The molecule has 0 radical (unpaired) electrons. The van der Waals surface area contributed by atoms with E-state index in [0.717, 1.165) is 18.4 Å². The van der Waals surface area contributed by atoms with E-state index in [-0.39, 0.29) is 5.91 Å². The van der Waals surface area contributed by atoms with Gasteiger partial charge in [-0.1, -0.05) is 43.2 Å². The summed E-state index contributed by atoms with van der Waals surface area (Å²) in [7, 11) is 0. The average Bonchev–Trinajstić information content (AvgIpc) is 2.53. The number of aromatic nitrogens is 2. The molecule has 0 aliphatic heterocycles. The van der Waals surface area contributed by atoms with E-state index in [1.165, 1.54) is 5.56 Å². The molecule has 0 fully saturated rings. The fourth-order valence-corrected chi connectivity index (χ4v) is 2.04. The number of benzene rings is 1. The molecular formula is C17H22N4O. The van der Waals surface area contributed by atoms with E-state index in [2.05, 4.69) is 46.6 Å². The minimum atomic E-state index is -0.158. The summed E-state index contributed by atoms with van der Waals surface area (Å²) in [5, 5.41) is 6.00. The van der Waals surface area contributed by atoms with Crippen LogP contribution in [0.5, 0.6) is 0 Å². The number of carbonyl (C=O) groups excluding carboxylic acids is 1. The maximum atomic E-state index is 12.0. The predicted octanol–water partition coefficient (Wildman–Crippen LogP) is 2.93. The summed E-state index contributed by atoms with van der Waals surface area (Å²) in [5.41, 5.74) is 2.75. The van der Waals surface area contributed by atoms with Gasteiger partial charge >= 0.3 is 0 Å². The molecule has 0 aliphatic rings. The van der Waals surface area contributed by atoms with Gasteiger partial charge in [-0.05, 0) is 25.0 Å². The van der Waals surface area contributed by atoms with Crippen LogP contribution in [0.15, 0.2) is 36.5 Å². The van der Waals surface area contributed by atoms with Crippen LogP contribution in [-0.2, 0) is 6.54 Å². The zero-order valence-electron chi connectivity index (χ0n) is 13.1. The summed E-state index contributed by atoms with van der Waals surface area (Å²) in [4.78, 5) is 20.4. The van der Waals surface area contributed by atoms with Crippen LogP contribution in [0.1, 0.15) is 41.4 Å². The average molecular weight is 298 g/mol. The molecule has 22 heavy (non-hydrogen) atoms. The van der Waals surface area contributed by atoms with Gasteiger partial charge in [-0.15, -0.1) is 0 Å². The number of aryl methyl sites for hydroxylation is 1. The number of nitrogens with one attached hydrogen (secondary N) is 2. The third-order valence-corrected chi connectivity index (χ3v) is 3.24. The van der Waals surface area contributed by atoms with Crippen LogP contribution < -0.4 is 10.6 Å². The Labute approximate surface area is 131 Å². The molecule has 0 saturated carbocycles. The van der Waals surface area contributed by atoms with Gasteiger partial charge in [0.2, 0.25) is 5.95 Å². The summed E-state index contributed by atoms with van der Waals surface area (Å²) in [6.07, 6.45) is 3.61. The first-order valence-corrected chi connectivity index (χ1v) is 7.59. The van der Waals surface area contributed by atoms with Gasteiger partial charge in [0, 0.05) is 19.3 Å². The van der Waals surface area contributed by atoms with Crippen molar-refractivity contribution < 1.29 is 4.79 Å². The van der Waals surface area contributed by atoms with E-state index in [0.29, 0.717) is 24.7 Å². The van der Waals surface area contributed by atoms with Crippen LogP contribution in [0.4, 0.5) is 5.95 Å². The Balaban J connectivity index is 1.95. The monoisotopic (exact) mass is 298 g/mol. The highest BCUT2D eigenvalue weighted by atomic mass is 16.1. The largest absolute Gasteiger partial charge is 0.351 e. The number of hydrogen-bond acceptors (Lipinski definition) is 4. The second-order valence-corrected chi connectivity index (χ2v) is 5.22. The predicted molar refractivity (Wildman–Crippen MR) is 87.8 cm³/mol. The van der Waals surface area contributed by atoms with Crippen LogP contribution >= 0.6 is 0 Å². The molecule has 1 heterocycles. The van der Waals surface area contributed by atoms with E-state index in [1.54, 1.807) is 12.3 Å². The number of nitrogens with zero attached hydrogens (tertiary/aromatic N) is 2. The molecule has 0 aliphatic carbocycles. The molecule has 0 unspecified atom stereocenters. The zero-order valence-corrected chi connectivity index (χ0v) is 13.1. The first-order valence-electron chi connectivity index (χ1n) is 7.59. The normalized spacial score (nSPS) is 10.3.